The summed E-state index contributed by atoms with van der Waals surface area (Å²) in [7, 11) is 3.55. The Hall–Kier alpha value is -1.48. The predicted octanol–water partition coefficient (Wildman–Crippen LogP) is 2.71. The highest BCUT2D eigenvalue weighted by Crippen LogP contribution is 2.20. The first-order chi connectivity index (χ1) is 13.3. The molecule has 28 heavy (non-hydrogen) atoms. The zero-order valence-electron chi connectivity index (χ0n) is 17.1. The van der Waals surface area contributed by atoms with Crippen LogP contribution in [0.2, 0.25) is 0 Å². The smallest absolute Gasteiger partial charge is 0.191 e. The average Bonchev–Trinajstić information content (AvgIpc) is 3.24. The highest BCUT2D eigenvalue weighted by atomic mass is 127. The highest BCUT2D eigenvalue weighted by Gasteiger charge is 2.17. The van der Waals surface area contributed by atoms with Gasteiger partial charge in [0.2, 0.25) is 0 Å². The molecule has 0 radical (unpaired) electrons. The number of hydrogen-bond acceptors (Lipinski definition) is 4. The van der Waals surface area contributed by atoms with Crippen LogP contribution >= 0.6 is 24.0 Å². The minimum absolute atomic E-state index is 0. The quantitative estimate of drug-likeness (QED) is 0.199. The number of benzene rings is 1. The Labute approximate surface area is 186 Å². The number of ether oxygens (including phenoxy) is 1. The molecule has 0 saturated carbocycles. The van der Waals surface area contributed by atoms with Gasteiger partial charge < -0.3 is 20.3 Å². The molecule has 1 aromatic rings. The van der Waals surface area contributed by atoms with E-state index in [4.69, 9.17) is 4.74 Å². The van der Waals surface area contributed by atoms with Gasteiger partial charge in [0.25, 0.3) is 0 Å². The molecule has 1 saturated heterocycles. The van der Waals surface area contributed by atoms with E-state index in [1.54, 1.807) is 7.11 Å². The van der Waals surface area contributed by atoms with E-state index in [1.165, 1.54) is 5.69 Å². The van der Waals surface area contributed by atoms with Crippen molar-refractivity contribution in [3.8, 4) is 5.75 Å². The number of aliphatic imine (C=N–C) groups is 1. The van der Waals surface area contributed by atoms with Gasteiger partial charge in [0, 0.05) is 51.5 Å². The fraction of sp³-hybridized carbons (Fsp3) is 0.571. The predicted molar refractivity (Wildman–Crippen MR) is 128 cm³/mol. The summed E-state index contributed by atoms with van der Waals surface area (Å²) in [4.78, 5) is 9.34. The number of methoxy groups -OCH3 is 1. The largest absolute Gasteiger partial charge is 0.497 e. The van der Waals surface area contributed by atoms with Crippen molar-refractivity contribution in [3.05, 3.63) is 36.4 Å². The lowest BCUT2D eigenvalue weighted by molar-refractivity contribution is 0.255. The number of hydrogen-bond donors (Lipinski definition) is 2. The van der Waals surface area contributed by atoms with Crippen LogP contribution < -0.4 is 20.3 Å². The Bertz CT molecular complexity index is 618. The molecule has 0 atom stereocenters. The summed E-state index contributed by atoms with van der Waals surface area (Å²) in [5.74, 6) is 1.84. The molecule has 7 heteroatoms. The molecular formula is C21H34IN5O. The fourth-order valence-electron chi connectivity index (χ4n) is 3.66. The van der Waals surface area contributed by atoms with Gasteiger partial charge in [0.1, 0.15) is 5.75 Å². The van der Waals surface area contributed by atoms with Gasteiger partial charge in [-0.2, -0.15) is 0 Å². The third-order valence-corrected chi connectivity index (χ3v) is 5.33. The van der Waals surface area contributed by atoms with E-state index in [0.717, 1.165) is 70.2 Å². The summed E-state index contributed by atoms with van der Waals surface area (Å²) in [6, 6.07) is 8.88. The summed E-state index contributed by atoms with van der Waals surface area (Å²) in [6.07, 6.45) is 7.79. The minimum Gasteiger partial charge on any atom is -0.497 e. The van der Waals surface area contributed by atoms with Gasteiger partial charge in [-0.15, -0.1) is 24.0 Å². The molecule has 1 heterocycles. The van der Waals surface area contributed by atoms with Crippen molar-refractivity contribution >= 4 is 35.6 Å². The summed E-state index contributed by atoms with van der Waals surface area (Å²) in [5, 5.41) is 6.93. The van der Waals surface area contributed by atoms with Crippen LogP contribution in [0, 0.1) is 0 Å². The molecule has 1 aliphatic carbocycles. The zero-order valence-corrected chi connectivity index (χ0v) is 19.4. The number of rotatable bonds is 7. The van der Waals surface area contributed by atoms with E-state index in [2.05, 4.69) is 49.7 Å². The third kappa shape index (κ3) is 6.84. The van der Waals surface area contributed by atoms with Crippen LogP contribution in [0.5, 0.6) is 5.75 Å². The highest BCUT2D eigenvalue weighted by molar-refractivity contribution is 14.0. The SMILES string of the molecule is CN=C(NCCCN1CCN(c2ccc(OC)cc2)CC1)NC1CC=CC1.I. The minimum atomic E-state index is 0. The summed E-state index contributed by atoms with van der Waals surface area (Å²) in [5.41, 5.74) is 1.29. The Morgan fingerprint density at radius 3 is 2.39 bits per heavy atom. The van der Waals surface area contributed by atoms with Crippen LogP contribution in [0.15, 0.2) is 41.4 Å². The van der Waals surface area contributed by atoms with Crippen molar-refractivity contribution in [2.75, 3.05) is 58.3 Å². The van der Waals surface area contributed by atoms with Gasteiger partial charge in [-0.1, -0.05) is 12.2 Å². The Kier molecular flexibility index (Phi) is 9.91. The van der Waals surface area contributed by atoms with Gasteiger partial charge in [0.05, 0.1) is 7.11 Å². The molecule has 1 aromatic carbocycles. The van der Waals surface area contributed by atoms with E-state index in [-0.39, 0.29) is 24.0 Å². The second kappa shape index (κ2) is 12.2. The number of guanidine groups is 1. The van der Waals surface area contributed by atoms with Crippen molar-refractivity contribution in [1.82, 2.24) is 15.5 Å². The molecule has 156 valence electrons. The molecule has 3 rings (SSSR count). The van der Waals surface area contributed by atoms with Crippen LogP contribution in [0.1, 0.15) is 19.3 Å². The molecule has 6 nitrogen and oxygen atoms in total. The summed E-state index contributed by atoms with van der Waals surface area (Å²) < 4.78 is 5.24. The van der Waals surface area contributed by atoms with E-state index in [0.29, 0.717) is 6.04 Å². The number of nitrogens with zero attached hydrogens (tertiary/aromatic N) is 3. The zero-order chi connectivity index (χ0) is 18.9. The number of halogens is 1. The van der Waals surface area contributed by atoms with Crippen LogP contribution in [0.3, 0.4) is 0 Å². The van der Waals surface area contributed by atoms with Crippen molar-refractivity contribution in [1.29, 1.82) is 0 Å². The first-order valence-corrected chi connectivity index (χ1v) is 10.0. The molecule has 2 aliphatic rings. The normalized spacial score (nSPS) is 18.1. The molecule has 1 aliphatic heterocycles. The number of anilines is 1. The fourth-order valence-corrected chi connectivity index (χ4v) is 3.66. The van der Waals surface area contributed by atoms with E-state index >= 15 is 0 Å². The first kappa shape index (κ1) is 22.8. The average molecular weight is 499 g/mol. The second-order valence-electron chi connectivity index (χ2n) is 7.16. The molecule has 0 aromatic heterocycles. The Morgan fingerprint density at radius 2 is 1.79 bits per heavy atom. The van der Waals surface area contributed by atoms with Gasteiger partial charge in [-0.25, -0.2) is 0 Å². The molecule has 0 bridgehead atoms. The molecular weight excluding hydrogens is 465 g/mol. The van der Waals surface area contributed by atoms with Crippen LogP contribution in [0.4, 0.5) is 5.69 Å². The van der Waals surface area contributed by atoms with Crippen LogP contribution in [0.25, 0.3) is 0 Å². The standard InChI is InChI=1S/C21H33N5O.HI/c1-22-21(24-18-6-3-4-7-18)23-12-5-13-25-14-16-26(17-15-25)19-8-10-20(27-2)11-9-19;/h3-4,8-11,18H,5-7,12-17H2,1-2H3,(H2,22,23,24);1H. The Balaban J connectivity index is 0.00000280. The van der Waals surface area contributed by atoms with Crippen molar-refractivity contribution in [3.63, 3.8) is 0 Å². The number of piperazine rings is 1. The van der Waals surface area contributed by atoms with Crippen molar-refractivity contribution in [2.45, 2.75) is 25.3 Å². The maximum atomic E-state index is 5.24. The maximum Gasteiger partial charge on any atom is 0.191 e. The van der Waals surface area contributed by atoms with Crippen LogP contribution in [-0.4, -0.2) is 70.3 Å². The molecule has 0 unspecified atom stereocenters. The summed E-state index contributed by atoms with van der Waals surface area (Å²) in [6.45, 7) is 6.48. The van der Waals surface area contributed by atoms with E-state index in [9.17, 15) is 0 Å². The van der Waals surface area contributed by atoms with Gasteiger partial charge >= 0.3 is 0 Å². The van der Waals surface area contributed by atoms with E-state index in [1.807, 2.05) is 19.2 Å². The second-order valence-corrected chi connectivity index (χ2v) is 7.16. The summed E-state index contributed by atoms with van der Waals surface area (Å²) >= 11 is 0. The van der Waals surface area contributed by atoms with Gasteiger partial charge in [-0.3, -0.25) is 9.89 Å². The monoisotopic (exact) mass is 499 g/mol. The van der Waals surface area contributed by atoms with Crippen LogP contribution in [-0.2, 0) is 0 Å². The third-order valence-electron chi connectivity index (χ3n) is 5.33. The molecule has 0 spiro atoms. The number of nitrogens with one attached hydrogen (secondary N) is 2. The Morgan fingerprint density at radius 1 is 1.11 bits per heavy atom. The molecule has 0 amide bonds. The van der Waals surface area contributed by atoms with Crippen molar-refractivity contribution in [2.24, 2.45) is 4.99 Å². The molecule has 2 N–H and O–H groups in total. The van der Waals surface area contributed by atoms with Gasteiger partial charge in [-0.05, 0) is 50.1 Å². The molecule has 1 fully saturated rings. The lowest BCUT2D eigenvalue weighted by atomic mass is 10.2. The maximum absolute atomic E-state index is 5.24. The lowest BCUT2D eigenvalue weighted by Crippen LogP contribution is -2.47. The first-order valence-electron chi connectivity index (χ1n) is 10.0. The van der Waals surface area contributed by atoms with Crippen molar-refractivity contribution < 1.29 is 4.74 Å². The lowest BCUT2D eigenvalue weighted by Gasteiger charge is -2.36. The van der Waals surface area contributed by atoms with Gasteiger partial charge in [0.15, 0.2) is 5.96 Å². The topological polar surface area (TPSA) is 52.1 Å². The van der Waals surface area contributed by atoms with E-state index < -0.39 is 0 Å².